The molecular formula is C15H16FN3O2. The molecule has 0 saturated heterocycles. The lowest BCUT2D eigenvalue weighted by Crippen LogP contribution is -2.45. The Labute approximate surface area is 121 Å². The summed E-state index contributed by atoms with van der Waals surface area (Å²) in [6.07, 6.45) is 3.38. The fourth-order valence-corrected chi connectivity index (χ4v) is 2.81. The molecule has 0 unspecified atom stereocenters. The Morgan fingerprint density at radius 2 is 2.05 bits per heavy atom. The van der Waals surface area contributed by atoms with E-state index in [4.69, 9.17) is 4.52 Å². The molecule has 3 rings (SSSR count). The van der Waals surface area contributed by atoms with Gasteiger partial charge in [0.05, 0.1) is 5.56 Å². The molecule has 1 amide bonds. The Hall–Kier alpha value is -2.24. The maximum absolute atomic E-state index is 13.7. The predicted molar refractivity (Wildman–Crippen MR) is 73.0 cm³/mol. The zero-order valence-corrected chi connectivity index (χ0v) is 11.7. The molecule has 0 radical (unpaired) electrons. The number of nitrogens with one attached hydrogen (secondary N) is 1. The number of benzene rings is 1. The molecule has 1 aliphatic rings. The second kappa shape index (κ2) is 5.27. The summed E-state index contributed by atoms with van der Waals surface area (Å²) >= 11 is 0. The van der Waals surface area contributed by atoms with Gasteiger partial charge in [-0.25, -0.2) is 4.39 Å². The quantitative estimate of drug-likeness (QED) is 0.943. The van der Waals surface area contributed by atoms with E-state index < -0.39 is 17.3 Å². The van der Waals surface area contributed by atoms with E-state index in [1.807, 2.05) is 0 Å². The van der Waals surface area contributed by atoms with E-state index in [1.165, 1.54) is 12.1 Å². The van der Waals surface area contributed by atoms with Crippen molar-refractivity contribution in [1.29, 1.82) is 0 Å². The topological polar surface area (TPSA) is 68.0 Å². The molecule has 110 valence electrons. The fraction of sp³-hybridized carbons (Fsp3) is 0.400. The van der Waals surface area contributed by atoms with Gasteiger partial charge in [-0.05, 0) is 25.0 Å². The maximum Gasteiger partial charge on any atom is 0.255 e. The largest absolute Gasteiger partial charge is 0.340 e. The third kappa shape index (κ3) is 2.53. The standard InChI is InChI=1S/C15H16FN3O2/c1-10-17-14(19-21-10)15(8-4-5-9-15)18-13(20)11-6-2-3-7-12(11)16/h2-3,6-7H,4-5,8-9H2,1H3,(H,18,20). The van der Waals surface area contributed by atoms with Gasteiger partial charge >= 0.3 is 0 Å². The first-order valence-corrected chi connectivity index (χ1v) is 6.99. The Morgan fingerprint density at radius 3 is 2.67 bits per heavy atom. The molecule has 21 heavy (non-hydrogen) atoms. The molecule has 1 heterocycles. The lowest BCUT2D eigenvalue weighted by atomic mass is 9.96. The number of aryl methyl sites for hydroxylation is 1. The Kier molecular flexibility index (Phi) is 3.45. The summed E-state index contributed by atoms with van der Waals surface area (Å²) < 4.78 is 18.8. The van der Waals surface area contributed by atoms with Crippen LogP contribution in [0.15, 0.2) is 28.8 Å². The molecule has 5 nitrogen and oxygen atoms in total. The van der Waals surface area contributed by atoms with Gasteiger partial charge in [0.25, 0.3) is 5.91 Å². The number of rotatable bonds is 3. The van der Waals surface area contributed by atoms with Crippen molar-refractivity contribution in [3.8, 4) is 0 Å². The second-order valence-electron chi connectivity index (χ2n) is 5.36. The van der Waals surface area contributed by atoms with Gasteiger partial charge in [0, 0.05) is 6.92 Å². The van der Waals surface area contributed by atoms with Crippen LogP contribution in [0, 0.1) is 12.7 Å². The summed E-state index contributed by atoms with van der Waals surface area (Å²) in [4.78, 5) is 16.6. The van der Waals surface area contributed by atoms with Crippen molar-refractivity contribution in [3.63, 3.8) is 0 Å². The normalized spacial score (nSPS) is 16.9. The number of hydrogen-bond donors (Lipinski definition) is 1. The van der Waals surface area contributed by atoms with Gasteiger partial charge < -0.3 is 9.84 Å². The Morgan fingerprint density at radius 1 is 1.33 bits per heavy atom. The third-order valence-corrected chi connectivity index (χ3v) is 3.88. The summed E-state index contributed by atoms with van der Waals surface area (Å²) in [5, 5.41) is 6.86. The van der Waals surface area contributed by atoms with Crippen LogP contribution in [0.4, 0.5) is 4.39 Å². The lowest BCUT2D eigenvalue weighted by Gasteiger charge is -2.26. The molecule has 0 aliphatic heterocycles. The molecule has 0 spiro atoms. The monoisotopic (exact) mass is 289 g/mol. The van der Waals surface area contributed by atoms with Gasteiger partial charge in [0.2, 0.25) is 5.89 Å². The van der Waals surface area contributed by atoms with Crippen molar-refractivity contribution in [1.82, 2.24) is 15.5 Å². The molecule has 1 aliphatic carbocycles. The number of carbonyl (C=O) groups excluding carboxylic acids is 1. The molecular weight excluding hydrogens is 273 g/mol. The first kappa shape index (κ1) is 13.7. The zero-order chi connectivity index (χ0) is 14.9. The predicted octanol–water partition coefficient (Wildman–Crippen LogP) is 2.72. The highest BCUT2D eigenvalue weighted by Crippen LogP contribution is 2.37. The Balaban J connectivity index is 1.90. The highest BCUT2D eigenvalue weighted by Gasteiger charge is 2.41. The number of carbonyl (C=O) groups is 1. The van der Waals surface area contributed by atoms with E-state index in [0.717, 1.165) is 25.7 Å². The average Bonchev–Trinajstić information content (AvgIpc) is 3.09. The molecule has 2 aromatic rings. The van der Waals surface area contributed by atoms with Crippen LogP contribution in [0.5, 0.6) is 0 Å². The smallest absolute Gasteiger partial charge is 0.255 e. The SMILES string of the molecule is Cc1nc(C2(NC(=O)c3ccccc3F)CCCC2)no1. The van der Waals surface area contributed by atoms with E-state index >= 15 is 0 Å². The first-order valence-electron chi connectivity index (χ1n) is 6.99. The van der Waals surface area contributed by atoms with Crippen LogP contribution in [0.25, 0.3) is 0 Å². The Bertz CT molecular complexity index is 662. The minimum absolute atomic E-state index is 0.0315. The molecule has 1 N–H and O–H groups in total. The van der Waals surface area contributed by atoms with E-state index in [-0.39, 0.29) is 5.56 Å². The van der Waals surface area contributed by atoms with E-state index in [0.29, 0.717) is 11.7 Å². The van der Waals surface area contributed by atoms with Gasteiger partial charge in [0.15, 0.2) is 5.82 Å². The lowest BCUT2D eigenvalue weighted by molar-refractivity contribution is 0.0887. The number of hydrogen-bond acceptors (Lipinski definition) is 4. The van der Waals surface area contributed by atoms with Gasteiger partial charge in [-0.15, -0.1) is 0 Å². The van der Waals surface area contributed by atoms with Crippen molar-refractivity contribution >= 4 is 5.91 Å². The maximum atomic E-state index is 13.7. The summed E-state index contributed by atoms with van der Waals surface area (Å²) in [6, 6.07) is 5.93. The van der Waals surface area contributed by atoms with Crippen molar-refractivity contribution in [3.05, 3.63) is 47.4 Å². The molecule has 6 heteroatoms. The van der Waals surface area contributed by atoms with Crippen LogP contribution < -0.4 is 5.32 Å². The van der Waals surface area contributed by atoms with Crippen LogP contribution in [-0.4, -0.2) is 16.0 Å². The zero-order valence-electron chi connectivity index (χ0n) is 11.7. The average molecular weight is 289 g/mol. The highest BCUT2D eigenvalue weighted by molar-refractivity contribution is 5.95. The second-order valence-corrected chi connectivity index (χ2v) is 5.36. The van der Waals surface area contributed by atoms with Gasteiger partial charge in [0.1, 0.15) is 11.4 Å². The van der Waals surface area contributed by atoms with E-state index in [1.54, 1.807) is 19.1 Å². The van der Waals surface area contributed by atoms with Gasteiger partial charge in [-0.1, -0.05) is 30.1 Å². The van der Waals surface area contributed by atoms with Crippen molar-refractivity contribution in [2.75, 3.05) is 0 Å². The van der Waals surface area contributed by atoms with Crippen molar-refractivity contribution < 1.29 is 13.7 Å². The molecule has 0 atom stereocenters. The van der Waals surface area contributed by atoms with Crippen molar-refractivity contribution in [2.45, 2.75) is 38.1 Å². The van der Waals surface area contributed by atoms with Crippen LogP contribution in [0.1, 0.15) is 47.8 Å². The molecule has 1 fully saturated rings. The molecule has 0 bridgehead atoms. The van der Waals surface area contributed by atoms with Crippen molar-refractivity contribution in [2.24, 2.45) is 0 Å². The number of nitrogens with zero attached hydrogens (tertiary/aromatic N) is 2. The summed E-state index contributed by atoms with van der Waals surface area (Å²) in [5.41, 5.74) is -0.624. The molecule has 1 aromatic carbocycles. The van der Waals surface area contributed by atoms with Crippen LogP contribution >= 0.6 is 0 Å². The highest BCUT2D eigenvalue weighted by atomic mass is 19.1. The first-order chi connectivity index (χ1) is 10.1. The summed E-state index contributed by atoms with van der Waals surface area (Å²) in [6.45, 7) is 1.71. The van der Waals surface area contributed by atoms with Crippen LogP contribution in [-0.2, 0) is 5.54 Å². The van der Waals surface area contributed by atoms with E-state index in [2.05, 4.69) is 15.5 Å². The number of halogens is 1. The fourth-order valence-electron chi connectivity index (χ4n) is 2.81. The van der Waals surface area contributed by atoms with Gasteiger partial charge in [-0.3, -0.25) is 4.79 Å². The minimum atomic E-state index is -0.656. The van der Waals surface area contributed by atoms with E-state index in [9.17, 15) is 9.18 Å². The molecule has 1 aromatic heterocycles. The number of amides is 1. The summed E-state index contributed by atoms with van der Waals surface area (Å²) in [7, 11) is 0. The molecule has 1 saturated carbocycles. The van der Waals surface area contributed by atoms with Crippen LogP contribution in [0.2, 0.25) is 0 Å². The minimum Gasteiger partial charge on any atom is -0.340 e. The van der Waals surface area contributed by atoms with Gasteiger partial charge in [-0.2, -0.15) is 4.98 Å². The van der Waals surface area contributed by atoms with Crippen LogP contribution in [0.3, 0.4) is 0 Å². The third-order valence-electron chi connectivity index (χ3n) is 3.88. The summed E-state index contributed by atoms with van der Waals surface area (Å²) in [5.74, 6) is -0.0523. The number of aromatic nitrogens is 2.